The molecule has 5 nitrogen and oxygen atoms in total. The van der Waals surface area contributed by atoms with Crippen molar-refractivity contribution in [2.75, 3.05) is 11.1 Å². The van der Waals surface area contributed by atoms with Crippen molar-refractivity contribution in [1.29, 1.82) is 0 Å². The van der Waals surface area contributed by atoms with E-state index in [4.69, 9.17) is 10.8 Å². The van der Waals surface area contributed by atoms with Gasteiger partial charge in [0.15, 0.2) is 0 Å². The van der Waals surface area contributed by atoms with Crippen molar-refractivity contribution >= 4 is 23.3 Å². The molecule has 0 heterocycles. The third-order valence-electron chi connectivity index (χ3n) is 3.03. The fourth-order valence-corrected chi connectivity index (χ4v) is 1.94. The zero-order valence-electron chi connectivity index (χ0n) is 11.6. The highest BCUT2D eigenvalue weighted by atomic mass is 16.4. The van der Waals surface area contributed by atoms with E-state index < -0.39 is 5.97 Å². The van der Waals surface area contributed by atoms with Gasteiger partial charge in [-0.1, -0.05) is 29.8 Å². The summed E-state index contributed by atoms with van der Waals surface area (Å²) in [5.41, 5.74) is 8.22. The molecule has 0 fully saturated rings. The molecule has 1 amide bonds. The molecule has 0 spiro atoms. The van der Waals surface area contributed by atoms with Gasteiger partial charge in [-0.05, 0) is 30.7 Å². The number of rotatable bonds is 4. The first-order chi connectivity index (χ1) is 9.95. The Balaban J connectivity index is 2.14. The van der Waals surface area contributed by atoms with Crippen molar-refractivity contribution in [1.82, 2.24) is 0 Å². The molecule has 0 bridgehead atoms. The summed E-state index contributed by atoms with van der Waals surface area (Å²) in [6, 6.07) is 11.9. The molecule has 4 N–H and O–H groups in total. The summed E-state index contributed by atoms with van der Waals surface area (Å²) in [6.07, 6.45) is 0.175. The van der Waals surface area contributed by atoms with Crippen LogP contribution in [0.5, 0.6) is 0 Å². The molecule has 0 atom stereocenters. The summed E-state index contributed by atoms with van der Waals surface area (Å²) < 4.78 is 0. The predicted molar refractivity (Wildman–Crippen MR) is 81.3 cm³/mol. The predicted octanol–water partition coefficient (Wildman–Crippen LogP) is 2.46. The monoisotopic (exact) mass is 284 g/mol. The highest BCUT2D eigenvalue weighted by Crippen LogP contribution is 2.19. The normalized spacial score (nSPS) is 10.1. The summed E-state index contributed by atoms with van der Waals surface area (Å²) in [4.78, 5) is 23.1. The van der Waals surface area contributed by atoms with Gasteiger partial charge in [0.25, 0.3) is 0 Å². The maximum Gasteiger partial charge on any atom is 0.337 e. The van der Waals surface area contributed by atoms with Crippen LogP contribution >= 0.6 is 0 Å². The second-order valence-electron chi connectivity index (χ2n) is 4.82. The van der Waals surface area contributed by atoms with Crippen LogP contribution in [0.15, 0.2) is 42.5 Å². The number of hydrogen-bond donors (Lipinski definition) is 3. The van der Waals surface area contributed by atoms with E-state index in [0.29, 0.717) is 5.69 Å². The first-order valence-electron chi connectivity index (χ1n) is 6.44. The van der Waals surface area contributed by atoms with Crippen LogP contribution < -0.4 is 11.1 Å². The lowest BCUT2D eigenvalue weighted by Gasteiger charge is -2.09. The average molecular weight is 284 g/mol. The van der Waals surface area contributed by atoms with Crippen LogP contribution in [0.25, 0.3) is 0 Å². The number of carbonyl (C=O) groups excluding carboxylic acids is 1. The minimum atomic E-state index is -1.11. The summed E-state index contributed by atoms with van der Waals surface area (Å²) in [7, 11) is 0. The second-order valence-corrected chi connectivity index (χ2v) is 4.82. The zero-order valence-corrected chi connectivity index (χ0v) is 11.6. The minimum absolute atomic E-state index is 0.0152. The fraction of sp³-hybridized carbons (Fsp3) is 0.125. The van der Waals surface area contributed by atoms with Crippen LogP contribution in [0, 0.1) is 6.92 Å². The molecular weight excluding hydrogens is 268 g/mol. The Labute approximate surface area is 122 Å². The fourth-order valence-electron chi connectivity index (χ4n) is 1.94. The Morgan fingerprint density at radius 1 is 1.14 bits per heavy atom. The summed E-state index contributed by atoms with van der Waals surface area (Å²) in [5.74, 6) is -1.40. The van der Waals surface area contributed by atoms with Gasteiger partial charge in [-0.25, -0.2) is 4.79 Å². The maximum atomic E-state index is 12.0. The Morgan fingerprint density at radius 3 is 2.43 bits per heavy atom. The molecule has 2 rings (SSSR count). The quantitative estimate of drug-likeness (QED) is 0.752. The van der Waals surface area contributed by atoms with E-state index in [-0.39, 0.29) is 23.6 Å². The molecule has 21 heavy (non-hydrogen) atoms. The summed E-state index contributed by atoms with van der Waals surface area (Å²) in [6.45, 7) is 1.97. The molecule has 0 radical (unpaired) electrons. The van der Waals surface area contributed by atoms with Gasteiger partial charge < -0.3 is 16.2 Å². The van der Waals surface area contributed by atoms with Crippen molar-refractivity contribution in [3.8, 4) is 0 Å². The van der Waals surface area contributed by atoms with Crippen molar-refractivity contribution in [2.24, 2.45) is 0 Å². The molecule has 2 aromatic rings. The minimum Gasteiger partial charge on any atom is -0.478 e. The van der Waals surface area contributed by atoms with E-state index in [1.165, 1.54) is 18.2 Å². The first kappa shape index (κ1) is 14.6. The highest BCUT2D eigenvalue weighted by molar-refractivity contribution is 6.01. The highest BCUT2D eigenvalue weighted by Gasteiger charge is 2.13. The van der Waals surface area contributed by atoms with E-state index in [1.54, 1.807) is 0 Å². The number of amides is 1. The Morgan fingerprint density at radius 2 is 1.81 bits per heavy atom. The van der Waals surface area contributed by atoms with Gasteiger partial charge in [0.05, 0.1) is 17.7 Å². The van der Waals surface area contributed by atoms with Gasteiger partial charge in [-0.3, -0.25) is 4.79 Å². The van der Waals surface area contributed by atoms with Crippen LogP contribution in [0.1, 0.15) is 21.5 Å². The number of aryl methyl sites for hydroxylation is 1. The molecule has 0 saturated heterocycles. The third kappa shape index (κ3) is 3.82. The first-order valence-corrected chi connectivity index (χ1v) is 6.44. The molecule has 0 aliphatic rings. The molecule has 2 aromatic carbocycles. The van der Waals surface area contributed by atoms with Gasteiger partial charge in [-0.15, -0.1) is 0 Å². The number of benzene rings is 2. The number of nitrogen functional groups attached to an aromatic ring is 1. The summed E-state index contributed by atoms with van der Waals surface area (Å²) >= 11 is 0. The lowest BCUT2D eigenvalue weighted by Crippen LogP contribution is -2.17. The molecule has 0 aliphatic carbocycles. The number of nitrogens with one attached hydrogen (secondary N) is 1. The van der Waals surface area contributed by atoms with E-state index in [9.17, 15) is 9.59 Å². The topological polar surface area (TPSA) is 92.4 Å². The number of carboxylic acids is 1. The number of aromatic carboxylic acids is 1. The number of hydrogen-bond acceptors (Lipinski definition) is 3. The van der Waals surface area contributed by atoms with Crippen molar-refractivity contribution in [3.05, 3.63) is 59.2 Å². The largest absolute Gasteiger partial charge is 0.478 e. The van der Waals surface area contributed by atoms with Crippen molar-refractivity contribution < 1.29 is 14.7 Å². The van der Waals surface area contributed by atoms with E-state index in [2.05, 4.69) is 5.32 Å². The molecule has 0 unspecified atom stereocenters. The SMILES string of the molecule is Cc1ccc(CC(=O)Nc2cc(N)ccc2C(=O)O)cc1. The van der Waals surface area contributed by atoms with E-state index >= 15 is 0 Å². The second kappa shape index (κ2) is 6.09. The lowest BCUT2D eigenvalue weighted by molar-refractivity contribution is -0.115. The molecule has 0 aromatic heterocycles. The van der Waals surface area contributed by atoms with Crippen LogP contribution in [-0.4, -0.2) is 17.0 Å². The molecule has 0 aliphatic heterocycles. The summed E-state index contributed by atoms with van der Waals surface area (Å²) in [5, 5.41) is 11.7. The third-order valence-corrected chi connectivity index (χ3v) is 3.03. The number of anilines is 2. The van der Waals surface area contributed by atoms with Crippen molar-refractivity contribution in [2.45, 2.75) is 13.3 Å². The Hall–Kier alpha value is -2.82. The number of carboxylic acid groups (broad SMARTS) is 1. The standard InChI is InChI=1S/C16H16N2O3/c1-10-2-4-11(5-3-10)8-15(19)18-14-9-12(17)6-7-13(14)16(20)21/h2-7,9H,8,17H2,1H3,(H,18,19)(H,20,21). The zero-order chi connectivity index (χ0) is 15.4. The number of carbonyl (C=O) groups is 2. The molecular formula is C16H16N2O3. The van der Waals surface area contributed by atoms with E-state index in [1.807, 2.05) is 31.2 Å². The number of nitrogens with two attached hydrogens (primary N) is 1. The molecule has 0 saturated carbocycles. The van der Waals surface area contributed by atoms with Gasteiger partial charge >= 0.3 is 5.97 Å². The average Bonchev–Trinajstić information content (AvgIpc) is 2.41. The van der Waals surface area contributed by atoms with Crippen molar-refractivity contribution in [3.63, 3.8) is 0 Å². The van der Waals surface area contributed by atoms with Gasteiger partial charge in [0.1, 0.15) is 0 Å². The Bertz CT molecular complexity index is 678. The van der Waals surface area contributed by atoms with Gasteiger partial charge in [0.2, 0.25) is 5.91 Å². The van der Waals surface area contributed by atoms with Gasteiger partial charge in [-0.2, -0.15) is 0 Å². The Kier molecular flexibility index (Phi) is 4.23. The van der Waals surface area contributed by atoms with Crippen LogP contribution in [0.2, 0.25) is 0 Å². The van der Waals surface area contributed by atoms with Crippen LogP contribution in [-0.2, 0) is 11.2 Å². The van der Waals surface area contributed by atoms with Gasteiger partial charge in [0, 0.05) is 5.69 Å². The van der Waals surface area contributed by atoms with Crippen LogP contribution in [0.3, 0.4) is 0 Å². The molecule has 5 heteroatoms. The molecule has 108 valence electrons. The van der Waals surface area contributed by atoms with E-state index in [0.717, 1.165) is 11.1 Å². The smallest absolute Gasteiger partial charge is 0.337 e. The maximum absolute atomic E-state index is 12.0. The van der Waals surface area contributed by atoms with Crippen LogP contribution in [0.4, 0.5) is 11.4 Å². The lowest BCUT2D eigenvalue weighted by atomic mass is 10.1.